The molecule has 0 bridgehead atoms. The standard InChI is InChI=1S/C29H31N3O4/c1-34-26-13-6-20(18-27(26)35-2)14-17-36-29-30-25-12-9-22(21-7-10-23(33)11-8-21)19-24(25)28(31-29)32-15-4-3-5-16-32/h6-13,18-19,33H,3-5,14-17H2,1-2H3. The molecule has 2 heterocycles. The van der Waals surface area contributed by atoms with E-state index >= 15 is 0 Å². The van der Waals surface area contributed by atoms with E-state index < -0.39 is 0 Å². The van der Waals surface area contributed by atoms with Crippen LogP contribution in [-0.2, 0) is 6.42 Å². The van der Waals surface area contributed by atoms with E-state index in [-0.39, 0.29) is 5.75 Å². The number of phenols is 1. The smallest absolute Gasteiger partial charge is 0.318 e. The molecule has 0 saturated carbocycles. The molecule has 186 valence electrons. The number of ether oxygens (including phenoxy) is 3. The van der Waals surface area contributed by atoms with Crippen molar-refractivity contribution in [3.05, 3.63) is 66.2 Å². The molecule has 0 radical (unpaired) electrons. The normalized spacial score (nSPS) is 13.6. The first-order valence-corrected chi connectivity index (χ1v) is 12.3. The van der Waals surface area contributed by atoms with Crippen LogP contribution in [0.3, 0.4) is 0 Å². The number of nitrogens with zero attached hydrogens (tertiary/aromatic N) is 3. The summed E-state index contributed by atoms with van der Waals surface area (Å²) in [4.78, 5) is 11.9. The van der Waals surface area contributed by atoms with E-state index in [4.69, 9.17) is 24.2 Å². The van der Waals surface area contributed by atoms with Gasteiger partial charge >= 0.3 is 6.01 Å². The Morgan fingerprint density at radius 1 is 0.806 bits per heavy atom. The highest BCUT2D eigenvalue weighted by molar-refractivity contribution is 5.93. The number of methoxy groups -OCH3 is 2. The Balaban J connectivity index is 1.42. The first kappa shape index (κ1) is 23.7. The molecule has 4 aromatic rings. The molecule has 0 amide bonds. The number of hydrogen-bond acceptors (Lipinski definition) is 7. The minimum absolute atomic E-state index is 0.256. The number of phenolic OH excluding ortho intramolecular Hbond substituents is 1. The number of benzene rings is 3. The third-order valence-electron chi connectivity index (χ3n) is 6.58. The van der Waals surface area contributed by atoms with E-state index in [1.54, 1.807) is 26.4 Å². The van der Waals surface area contributed by atoms with Crippen LogP contribution in [0.5, 0.6) is 23.3 Å². The Bertz CT molecular complexity index is 1330. The van der Waals surface area contributed by atoms with Crippen LogP contribution >= 0.6 is 0 Å². The summed E-state index contributed by atoms with van der Waals surface area (Å²) in [7, 11) is 3.27. The largest absolute Gasteiger partial charge is 0.508 e. The van der Waals surface area contributed by atoms with Crippen LogP contribution in [0.2, 0.25) is 0 Å². The molecule has 7 heteroatoms. The number of fused-ring (bicyclic) bond motifs is 1. The lowest BCUT2D eigenvalue weighted by atomic mass is 10.0. The zero-order valence-corrected chi connectivity index (χ0v) is 20.7. The fourth-order valence-corrected chi connectivity index (χ4v) is 4.63. The summed E-state index contributed by atoms with van der Waals surface area (Å²) in [6, 6.07) is 19.7. The first-order chi connectivity index (χ1) is 17.6. The Labute approximate surface area is 211 Å². The average molecular weight is 486 g/mol. The van der Waals surface area contributed by atoms with Gasteiger partial charge in [0.25, 0.3) is 0 Å². The molecule has 0 spiro atoms. The lowest BCUT2D eigenvalue weighted by Gasteiger charge is -2.29. The topological polar surface area (TPSA) is 76.9 Å². The van der Waals surface area contributed by atoms with Crippen molar-refractivity contribution in [3.8, 4) is 34.4 Å². The third-order valence-corrected chi connectivity index (χ3v) is 6.58. The molecule has 3 aromatic carbocycles. The Hall–Kier alpha value is -4.00. The van der Waals surface area contributed by atoms with Crippen LogP contribution in [-0.4, -0.2) is 49.0 Å². The number of aromatic hydroxyl groups is 1. The summed E-state index contributed by atoms with van der Waals surface area (Å²) in [5.41, 5.74) is 4.04. The van der Waals surface area contributed by atoms with Crippen molar-refractivity contribution in [2.75, 3.05) is 38.8 Å². The maximum absolute atomic E-state index is 9.66. The molecule has 7 nitrogen and oxygen atoms in total. The van der Waals surface area contributed by atoms with Crippen LogP contribution in [0.1, 0.15) is 24.8 Å². The SMILES string of the molecule is COc1ccc(CCOc2nc(N3CCCCC3)c3cc(-c4ccc(O)cc4)ccc3n2)cc1OC. The van der Waals surface area contributed by atoms with Gasteiger partial charge in [0.15, 0.2) is 11.5 Å². The highest BCUT2D eigenvalue weighted by atomic mass is 16.5. The maximum Gasteiger partial charge on any atom is 0.318 e. The van der Waals surface area contributed by atoms with E-state index in [0.29, 0.717) is 30.5 Å². The van der Waals surface area contributed by atoms with E-state index in [0.717, 1.165) is 59.3 Å². The molecule has 5 rings (SSSR count). The minimum Gasteiger partial charge on any atom is -0.508 e. The average Bonchev–Trinajstić information content (AvgIpc) is 2.93. The molecule has 36 heavy (non-hydrogen) atoms. The van der Waals surface area contributed by atoms with E-state index in [9.17, 15) is 5.11 Å². The quantitative estimate of drug-likeness (QED) is 0.346. The molecule has 1 aliphatic heterocycles. The van der Waals surface area contributed by atoms with E-state index in [1.807, 2.05) is 36.4 Å². The van der Waals surface area contributed by atoms with Crippen molar-refractivity contribution in [1.82, 2.24) is 9.97 Å². The number of aromatic nitrogens is 2. The predicted octanol–water partition coefficient (Wildman–Crippen LogP) is 5.63. The van der Waals surface area contributed by atoms with Crippen molar-refractivity contribution in [2.24, 2.45) is 0 Å². The second kappa shape index (κ2) is 10.7. The molecule has 1 aromatic heterocycles. The van der Waals surface area contributed by atoms with Crippen LogP contribution in [0.25, 0.3) is 22.0 Å². The third kappa shape index (κ3) is 5.15. The summed E-state index contributed by atoms with van der Waals surface area (Å²) in [6.45, 7) is 2.40. The van der Waals surface area contributed by atoms with Gasteiger partial charge in [-0.3, -0.25) is 0 Å². The zero-order valence-electron chi connectivity index (χ0n) is 20.7. The van der Waals surface area contributed by atoms with E-state index in [2.05, 4.69) is 17.0 Å². The highest BCUT2D eigenvalue weighted by Crippen LogP contribution is 2.33. The fourth-order valence-electron chi connectivity index (χ4n) is 4.63. The van der Waals surface area contributed by atoms with Crippen LogP contribution in [0, 0.1) is 0 Å². The Kier molecular flexibility index (Phi) is 7.07. The van der Waals surface area contributed by atoms with E-state index in [1.165, 1.54) is 6.42 Å². The molecule has 1 fully saturated rings. The maximum atomic E-state index is 9.66. The Morgan fingerprint density at radius 3 is 2.31 bits per heavy atom. The van der Waals surface area contributed by atoms with Gasteiger partial charge in [0.05, 0.1) is 26.3 Å². The molecular weight excluding hydrogens is 454 g/mol. The second-order valence-electron chi connectivity index (χ2n) is 8.94. The minimum atomic E-state index is 0.256. The van der Waals surface area contributed by atoms with Crippen LogP contribution in [0.15, 0.2) is 60.7 Å². The molecule has 1 aliphatic rings. The fraction of sp³-hybridized carbons (Fsp3) is 0.310. The van der Waals surface area contributed by atoms with Gasteiger partial charge in [-0.25, -0.2) is 0 Å². The van der Waals surface area contributed by atoms with Gasteiger partial charge in [0.2, 0.25) is 0 Å². The summed E-state index contributed by atoms with van der Waals surface area (Å²) in [5.74, 6) is 2.58. The summed E-state index contributed by atoms with van der Waals surface area (Å²) in [5, 5.41) is 10.7. The highest BCUT2D eigenvalue weighted by Gasteiger charge is 2.18. The van der Waals surface area contributed by atoms with Gasteiger partial charge in [0, 0.05) is 24.9 Å². The number of hydrogen-bond donors (Lipinski definition) is 1. The summed E-state index contributed by atoms with van der Waals surface area (Å²) in [6.07, 6.45) is 4.24. The lowest BCUT2D eigenvalue weighted by molar-refractivity contribution is 0.297. The van der Waals surface area contributed by atoms with Gasteiger partial charge in [-0.05, 0) is 72.4 Å². The number of piperidine rings is 1. The van der Waals surface area contributed by atoms with Gasteiger partial charge in [0.1, 0.15) is 11.6 Å². The van der Waals surface area contributed by atoms with Gasteiger partial charge in [-0.2, -0.15) is 9.97 Å². The second-order valence-corrected chi connectivity index (χ2v) is 8.94. The molecule has 0 aliphatic carbocycles. The molecule has 0 unspecified atom stereocenters. The van der Waals surface area contributed by atoms with Crippen molar-refractivity contribution in [3.63, 3.8) is 0 Å². The zero-order chi connectivity index (χ0) is 24.9. The predicted molar refractivity (Wildman–Crippen MR) is 141 cm³/mol. The number of anilines is 1. The first-order valence-electron chi connectivity index (χ1n) is 12.3. The lowest BCUT2D eigenvalue weighted by Crippen LogP contribution is -2.30. The van der Waals surface area contributed by atoms with Gasteiger partial charge < -0.3 is 24.2 Å². The summed E-state index contributed by atoms with van der Waals surface area (Å²) >= 11 is 0. The summed E-state index contributed by atoms with van der Waals surface area (Å²) < 4.78 is 16.8. The van der Waals surface area contributed by atoms with Gasteiger partial charge in [-0.1, -0.05) is 24.3 Å². The monoisotopic (exact) mass is 485 g/mol. The van der Waals surface area contributed by atoms with Crippen LogP contribution in [0.4, 0.5) is 5.82 Å². The number of rotatable bonds is 8. The molecule has 1 N–H and O–H groups in total. The molecule has 0 atom stereocenters. The Morgan fingerprint density at radius 2 is 1.56 bits per heavy atom. The van der Waals surface area contributed by atoms with Crippen molar-refractivity contribution >= 4 is 16.7 Å². The van der Waals surface area contributed by atoms with Crippen molar-refractivity contribution in [2.45, 2.75) is 25.7 Å². The molecular formula is C29H31N3O4. The van der Waals surface area contributed by atoms with Crippen molar-refractivity contribution in [1.29, 1.82) is 0 Å². The van der Waals surface area contributed by atoms with Crippen LogP contribution < -0.4 is 19.1 Å². The van der Waals surface area contributed by atoms with Gasteiger partial charge in [-0.15, -0.1) is 0 Å². The molecule has 1 saturated heterocycles. The van der Waals surface area contributed by atoms with Crippen molar-refractivity contribution < 1.29 is 19.3 Å².